The van der Waals surface area contributed by atoms with Crippen LogP contribution in [0.4, 0.5) is 0 Å². The summed E-state index contributed by atoms with van der Waals surface area (Å²) in [4.78, 5) is 34.1. The Morgan fingerprint density at radius 2 is 1.07 bits per heavy atom. The zero-order chi connectivity index (χ0) is 21.0. The van der Waals surface area contributed by atoms with E-state index in [1.807, 2.05) is 0 Å². The van der Waals surface area contributed by atoms with Crippen molar-refractivity contribution in [2.75, 3.05) is 13.1 Å². The molecule has 0 saturated heterocycles. The smallest absolute Gasteiger partial charge is 0.548 e. The van der Waals surface area contributed by atoms with Gasteiger partial charge in [0.2, 0.25) is 5.91 Å². The van der Waals surface area contributed by atoms with Crippen LogP contribution in [0.15, 0.2) is 0 Å². The number of amides is 1. The Balaban J connectivity index is 0. The number of unbranched alkanes of at least 4 members (excludes halogenated alkanes) is 14. The van der Waals surface area contributed by atoms with E-state index in [9.17, 15) is 19.5 Å². The number of nitrogens with zero attached hydrogens (tertiary/aromatic N) is 1. The summed E-state index contributed by atoms with van der Waals surface area (Å²) in [6.07, 6.45) is 18.7. The van der Waals surface area contributed by atoms with Crippen molar-refractivity contribution < 1.29 is 54.2 Å². The Bertz CT molecular complexity index is 415. The van der Waals surface area contributed by atoms with Crippen LogP contribution in [0.3, 0.4) is 0 Å². The first-order chi connectivity index (χ1) is 13.5. The van der Waals surface area contributed by atoms with E-state index < -0.39 is 30.9 Å². The van der Waals surface area contributed by atoms with Gasteiger partial charge in [0, 0.05) is 6.42 Å². The SMILES string of the molecule is CCCCCCCCCCCCCCCCCC(=O)N(CC(=O)[O-])CC(=O)O.[Na+]. The Hall–Kier alpha value is -0.590. The molecule has 0 heterocycles. The van der Waals surface area contributed by atoms with E-state index in [-0.39, 0.29) is 36.0 Å². The summed E-state index contributed by atoms with van der Waals surface area (Å²) in [6, 6.07) is 0. The molecule has 29 heavy (non-hydrogen) atoms. The topological polar surface area (TPSA) is 97.7 Å². The number of hydrogen-bond acceptors (Lipinski definition) is 4. The third kappa shape index (κ3) is 21.9. The minimum Gasteiger partial charge on any atom is -0.548 e. The van der Waals surface area contributed by atoms with Crippen LogP contribution in [0, 0.1) is 0 Å². The van der Waals surface area contributed by atoms with E-state index in [0.717, 1.165) is 24.2 Å². The second-order valence-electron chi connectivity index (χ2n) is 7.72. The Morgan fingerprint density at radius 3 is 1.41 bits per heavy atom. The summed E-state index contributed by atoms with van der Waals surface area (Å²) in [7, 11) is 0. The van der Waals surface area contributed by atoms with Gasteiger partial charge in [0.05, 0.1) is 12.5 Å². The van der Waals surface area contributed by atoms with Gasteiger partial charge in [-0.25, -0.2) is 0 Å². The molecule has 0 atom stereocenters. The number of rotatable bonds is 20. The van der Waals surface area contributed by atoms with Crippen LogP contribution >= 0.6 is 0 Å². The van der Waals surface area contributed by atoms with Gasteiger partial charge in [-0.05, 0) is 6.42 Å². The Labute approximate surface area is 199 Å². The number of carboxylic acids is 2. The third-order valence-electron chi connectivity index (χ3n) is 4.99. The molecular weight excluding hydrogens is 381 g/mol. The van der Waals surface area contributed by atoms with Gasteiger partial charge >= 0.3 is 35.5 Å². The largest absolute Gasteiger partial charge is 1.00 e. The van der Waals surface area contributed by atoms with Gasteiger partial charge in [-0.3, -0.25) is 9.59 Å². The van der Waals surface area contributed by atoms with Crippen LogP contribution in [0.5, 0.6) is 0 Å². The van der Waals surface area contributed by atoms with E-state index in [1.54, 1.807) is 0 Å². The van der Waals surface area contributed by atoms with Gasteiger partial charge in [-0.1, -0.05) is 96.8 Å². The second kappa shape index (κ2) is 22.1. The molecule has 0 aliphatic heterocycles. The Morgan fingerprint density at radius 1 is 0.690 bits per heavy atom. The van der Waals surface area contributed by atoms with E-state index >= 15 is 0 Å². The molecule has 0 unspecified atom stereocenters. The maximum absolute atomic E-state index is 11.9. The summed E-state index contributed by atoms with van der Waals surface area (Å²) >= 11 is 0. The first-order valence-corrected chi connectivity index (χ1v) is 11.2. The summed E-state index contributed by atoms with van der Waals surface area (Å²) < 4.78 is 0. The first kappa shape index (κ1) is 30.6. The van der Waals surface area contributed by atoms with Crippen LogP contribution < -0.4 is 34.7 Å². The minimum absolute atomic E-state index is 0. The zero-order valence-electron chi connectivity index (χ0n) is 18.8. The fourth-order valence-electron chi connectivity index (χ4n) is 3.36. The van der Waals surface area contributed by atoms with Crippen molar-refractivity contribution >= 4 is 17.8 Å². The van der Waals surface area contributed by atoms with Crippen molar-refractivity contribution in [1.29, 1.82) is 0 Å². The van der Waals surface area contributed by atoms with Crippen molar-refractivity contribution in [3.63, 3.8) is 0 Å². The average molecular weight is 422 g/mol. The fraction of sp³-hybridized carbons (Fsp3) is 0.864. The van der Waals surface area contributed by atoms with Gasteiger partial charge in [0.25, 0.3) is 0 Å². The number of carboxylic acid groups (broad SMARTS) is 2. The fourth-order valence-corrected chi connectivity index (χ4v) is 3.36. The molecule has 0 aliphatic carbocycles. The van der Waals surface area contributed by atoms with Crippen molar-refractivity contribution in [3.8, 4) is 0 Å². The van der Waals surface area contributed by atoms with Gasteiger partial charge < -0.3 is 19.9 Å². The number of hydrogen-bond donors (Lipinski definition) is 1. The summed E-state index contributed by atoms with van der Waals surface area (Å²) in [5.41, 5.74) is 0. The number of aliphatic carboxylic acids is 2. The maximum atomic E-state index is 11.9. The molecule has 6 nitrogen and oxygen atoms in total. The number of carbonyl (C=O) groups excluding carboxylic acids is 2. The second-order valence-corrected chi connectivity index (χ2v) is 7.72. The monoisotopic (exact) mass is 421 g/mol. The van der Waals surface area contributed by atoms with Crippen LogP contribution in [0.2, 0.25) is 0 Å². The molecule has 7 heteroatoms. The Kier molecular flexibility index (Phi) is 23.3. The molecule has 0 aliphatic rings. The van der Waals surface area contributed by atoms with E-state index in [0.29, 0.717) is 6.42 Å². The maximum Gasteiger partial charge on any atom is 1.00 e. The van der Waals surface area contributed by atoms with E-state index in [1.165, 1.54) is 70.6 Å². The summed E-state index contributed by atoms with van der Waals surface area (Å²) in [6.45, 7) is 0.991. The van der Waals surface area contributed by atoms with Crippen molar-refractivity contribution in [3.05, 3.63) is 0 Å². The standard InChI is InChI=1S/C22H41NO5.Na/c1-2-3-4-5-6-7-8-9-10-11-12-13-14-15-16-17-20(24)23(18-21(25)26)19-22(27)28;/h2-19H2,1H3,(H,25,26)(H,27,28);/q;+1/p-1. The van der Waals surface area contributed by atoms with Gasteiger partial charge in [0.15, 0.2) is 0 Å². The summed E-state index contributed by atoms with van der Waals surface area (Å²) in [5, 5.41) is 19.4. The molecule has 1 N–H and O–H groups in total. The molecule has 0 aromatic rings. The van der Waals surface area contributed by atoms with Gasteiger partial charge in [0.1, 0.15) is 6.54 Å². The van der Waals surface area contributed by atoms with Crippen LogP contribution in [0.1, 0.15) is 110 Å². The predicted octanol–water partition coefficient (Wildman–Crippen LogP) is 0.915. The average Bonchev–Trinajstić information content (AvgIpc) is 2.63. The van der Waals surface area contributed by atoms with Crippen LogP contribution in [-0.4, -0.2) is 40.9 Å². The molecule has 0 saturated carbocycles. The van der Waals surface area contributed by atoms with E-state index in [4.69, 9.17) is 5.11 Å². The van der Waals surface area contributed by atoms with E-state index in [2.05, 4.69) is 6.92 Å². The number of carbonyl (C=O) groups is 3. The first-order valence-electron chi connectivity index (χ1n) is 11.2. The quantitative estimate of drug-likeness (QED) is 0.233. The van der Waals surface area contributed by atoms with Crippen LogP contribution in [-0.2, 0) is 14.4 Å². The molecule has 0 fully saturated rings. The minimum atomic E-state index is -1.44. The summed E-state index contributed by atoms with van der Waals surface area (Å²) in [5.74, 6) is -3.08. The zero-order valence-corrected chi connectivity index (χ0v) is 20.8. The van der Waals surface area contributed by atoms with Crippen molar-refractivity contribution in [2.45, 2.75) is 110 Å². The van der Waals surface area contributed by atoms with Crippen molar-refractivity contribution in [2.24, 2.45) is 0 Å². The van der Waals surface area contributed by atoms with Gasteiger partial charge in [-0.2, -0.15) is 0 Å². The molecule has 0 aromatic carbocycles. The molecule has 164 valence electrons. The predicted molar refractivity (Wildman–Crippen MR) is 109 cm³/mol. The molecule has 0 aromatic heterocycles. The molecule has 0 rings (SSSR count). The molecule has 0 radical (unpaired) electrons. The molecule has 1 amide bonds. The van der Waals surface area contributed by atoms with Gasteiger partial charge in [-0.15, -0.1) is 0 Å². The molecular formula is C22H40NNaO5. The molecule has 0 spiro atoms. The third-order valence-corrected chi connectivity index (χ3v) is 4.99. The van der Waals surface area contributed by atoms with Crippen LogP contribution in [0.25, 0.3) is 0 Å². The molecule has 0 bridgehead atoms. The van der Waals surface area contributed by atoms with Crippen molar-refractivity contribution in [1.82, 2.24) is 4.90 Å². The normalized spacial score (nSPS) is 10.4.